The molecule has 4 aliphatic carbocycles. The van der Waals surface area contributed by atoms with E-state index in [1.54, 1.807) is 18.9 Å². The Morgan fingerprint density at radius 2 is 1.72 bits per heavy atom. The van der Waals surface area contributed by atoms with Gasteiger partial charge < -0.3 is 9.47 Å². The Morgan fingerprint density at radius 1 is 1.08 bits per heavy atom. The van der Waals surface area contributed by atoms with Crippen molar-refractivity contribution in [2.24, 2.45) is 17.3 Å². The third-order valence-corrected chi connectivity index (χ3v) is 5.33. The Labute approximate surface area is 149 Å². The average molecular weight is 343 g/mol. The van der Waals surface area contributed by atoms with Gasteiger partial charge in [-0.1, -0.05) is 13.8 Å². The van der Waals surface area contributed by atoms with Gasteiger partial charge in [0.1, 0.15) is 17.1 Å². The van der Waals surface area contributed by atoms with E-state index in [2.05, 4.69) is 13.8 Å². The summed E-state index contributed by atoms with van der Waals surface area (Å²) < 4.78 is 11.1. The molecule has 0 heterocycles. The SMILES string of the molecule is CC(=O)OC1=C[C@]2(OC(C)=O)CC(C)(C)[C@H]1CC2C(=O)[C]1[CH][CH][CH][CH]1. The number of carbonyl (C=O) groups excluding carboxylic acids is 3. The molecular weight excluding hydrogens is 320 g/mol. The molecule has 5 heteroatoms. The molecule has 4 rings (SSSR count). The molecule has 0 aromatic rings. The van der Waals surface area contributed by atoms with Crippen molar-refractivity contribution < 1.29 is 23.9 Å². The number of ether oxygens (including phenoxy) is 2. The molecule has 4 aliphatic rings. The van der Waals surface area contributed by atoms with Crippen molar-refractivity contribution in [1.82, 2.24) is 0 Å². The van der Waals surface area contributed by atoms with Gasteiger partial charge in [-0.05, 0) is 50.0 Å². The van der Waals surface area contributed by atoms with Crippen molar-refractivity contribution in [3.8, 4) is 0 Å². The summed E-state index contributed by atoms with van der Waals surface area (Å²) in [4.78, 5) is 36.4. The second kappa shape index (κ2) is 6.26. The summed E-state index contributed by atoms with van der Waals surface area (Å²) in [5.74, 6) is -0.319. The molecule has 5 radical (unpaired) electrons. The number of hydrogen-bond acceptors (Lipinski definition) is 5. The largest absolute Gasteiger partial charge is 0.454 e. The molecule has 0 aliphatic heterocycles. The zero-order valence-corrected chi connectivity index (χ0v) is 15.0. The van der Waals surface area contributed by atoms with Crippen LogP contribution < -0.4 is 0 Å². The first-order chi connectivity index (χ1) is 11.6. The van der Waals surface area contributed by atoms with Gasteiger partial charge in [-0.3, -0.25) is 14.4 Å². The van der Waals surface area contributed by atoms with E-state index in [-0.39, 0.29) is 17.1 Å². The molecule has 133 valence electrons. The van der Waals surface area contributed by atoms with Crippen molar-refractivity contribution in [2.45, 2.75) is 46.1 Å². The van der Waals surface area contributed by atoms with Gasteiger partial charge in [-0.15, -0.1) is 0 Å². The summed E-state index contributed by atoms with van der Waals surface area (Å²) in [6.45, 7) is 6.79. The Hall–Kier alpha value is -1.65. The van der Waals surface area contributed by atoms with Crippen LogP contribution in [0.2, 0.25) is 0 Å². The van der Waals surface area contributed by atoms with E-state index in [1.165, 1.54) is 13.8 Å². The fraction of sp³-hybridized carbons (Fsp3) is 0.500. The van der Waals surface area contributed by atoms with Gasteiger partial charge in [-0.2, -0.15) is 0 Å². The van der Waals surface area contributed by atoms with Crippen LogP contribution in [0.1, 0.15) is 40.5 Å². The zero-order chi connectivity index (χ0) is 18.4. The van der Waals surface area contributed by atoms with Gasteiger partial charge in [0.25, 0.3) is 0 Å². The summed E-state index contributed by atoms with van der Waals surface area (Å²) in [5.41, 5.74) is -1.33. The Morgan fingerprint density at radius 3 is 2.28 bits per heavy atom. The molecule has 3 atom stereocenters. The lowest BCUT2D eigenvalue weighted by Gasteiger charge is -2.55. The number of ketones is 1. The third-order valence-electron chi connectivity index (χ3n) is 5.33. The zero-order valence-electron chi connectivity index (χ0n) is 15.0. The van der Waals surface area contributed by atoms with Crippen LogP contribution in [0, 0.1) is 48.9 Å². The lowest BCUT2D eigenvalue weighted by atomic mass is 9.52. The van der Waals surface area contributed by atoms with Crippen LogP contribution in [0.4, 0.5) is 0 Å². The van der Waals surface area contributed by atoms with Gasteiger partial charge in [0, 0.05) is 25.7 Å². The Kier molecular flexibility index (Phi) is 4.54. The maximum absolute atomic E-state index is 13.0. The molecule has 25 heavy (non-hydrogen) atoms. The van der Waals surface area contributed by atoms with E-state index in [1.807, 2.05) is 12.8 Å². The average Bonchev–Trinajstić information content (AvgIpc) is 2.97. The summed E-state index contributed by atoms with van der Waals surface area (Å²) >= 11 is 0. The summed E-state index contributed by atoms with van der Waals surface area (Å²) in [5, 5.41) is 0. The van der Waals surface area contributed by atoms with Crippen LogP contribution in [0.5, 0.6) is 0 Å². The van der Waals surface area contributed by atoms with Gasteiger partial charge in [0.15, 0.2) is 0 Å². The van der Waals surface area contributed by atoms with E-state index < -0.39 is 23.5 Å². The second-order valence-electron chi connectivity index (χ2n) is 7.73. The first-order valence-corrected chi connectivity index (χ1v) is 8.51. The molecule has 0 spiro atoms. The van der Waals surface area contributed by atoms with Crippen LogP contribution in [-0.2, 0) is 23.9 Å². The molecule has 0 N–H and O–H groups in total. The molecule has 2 saturated carbocycles. The highest BCUT2D eigenvalue weighted by molar-refractivity contribution is 6.00. The van der Waals surface area contributed by atoms with Crippen molar-refractivity contribution in [3.63, 3.8) is 0 Å². The predicted molar refractivity (Wildman–Crippen MR) is 89.8 cm³/mol. The number of Topliss-reactive ketones (excluding diaryl/α,β-unsaturated/α-hetero) is 1. The van der Waals surface area contributed by atoms with E-state index >= 15 is 0 Å². The van der Waals surface area contributed by atoms with Gasteiger partial charge >= 0.3 is 11.9 Å². The van der Waals surface area contributed by atoms with Crippen molar-refractivity contribution in [3.05, 3.63) is 43.4 Å². The normalized spacial score (nSPS) is 33.7. The molecule has 0 saturated heterocycles. The predicted octanol–water partition coefficient (Wildman–Crippen LogP) is 2.78. The first-order valence-electron chi connectivity index (χ1n) is 8.51. The van der Waals surface area contributed by atoms with E-state index in [4.69, 9.17) is 9.47 Å². The Bertz CT molecular complexity index is 626. The van der Waals surface area contributed by atoms with E-state index in [9.17, 15) is 14.4 Å². The maximum Gasteiger partial charge on any atom is 0.307 e. The number of hydrogen-bond donors (Lipinski definition) is 0. The van der Waals surface area contributed by atoms with Crippen LogP contribution in [0.3, 0.4) is 0 Å². The second-order valence-corrected chi connectivity index (χ2v) is 7.73. The van der Waals surface area contributed by atoms with E-state index in [0.29, 0.717) is 24.5 Å². The van der Waals surface area contributed by atoms with Crippen LogP contribution in [0.15, 0.2) is 11.8 Å². The quantitative estimate of drug-likeness (QED) is 0.734. The number of allylic oxidation sites excluding steroid dienone is 1. The van der Waals surface area contributed by atoms with Gasteiger partial charge in [0.2, 0.25) is 0 Å². The molecule has 0 aromatic heterocycles. The summed E-state index contributed by atoms with van der Waals surface area (Å²) in [6.07, 6.45) is 9.88. The minimum atomic E-state index is -1.08. The highest BCUT2D eigenvalue weighted by atomic mass is 16.6. The summed E-state index contributed by atoms with van der Waals surface area (Å²) in [6, 6.07) is 0. The van der Waals surface area contributed by atoms with Crippen molar-refractivity contribution in [2.75, 3.05) is 0 Å². The highest BCUT2D eigenvalue weighted by Crippen LogP contribution is 2.58. The minimum Gasteiger partial charge on any atom is -0.454 e. The molecule has 5 nitrogen and oxygen atoms in total. The molecule has 2 fully saturated rings. The topological polar surface area (TPSA) is 69.7 Å². The maximum atomic E-state index is 13.0. The van der Waals surface area contributed by atoms with Crippen molar-refractivity contribution >= 4 is 17.7 Å². The fourth-order valence-electron chi connectivity index (χ4n) is 4.45. The highest BCUT2D eigenvalue weighted by Gasteiger charge is 2.61. The lowest BCUT2D eigenvalue weighted by molar-refractivity contribution is -0.177. The number of fused-ring (bicyclic) bond motifs is 2. The minimum absolute atomic E-state index is 0.0372. The van der Waals surface area contributed by atoms with Crippen molar-refractivity contribution in [1.29, 1.82) is 0 Å². The number of rotatable bonds is 4. The number of esters is 2. The molecular formula is C20H23O5. The van der Waals surface area contributed by atoms with Crippen LogP contribution in [-0.4, -0.2) is 23.3 Å². The standard InChI is InChI=1S/C20H23O5/c1-12(21)24-17-10-20(25-13(2)22)11-19(3,4)15(17)9-16(20)18(23)14-7-5-6-8-14/h5-8,10,15-16H,9,11H2,1-4H3/t15-,16?,20-/m0/s1. The number of carbonyl (C=O) groups is 3. The lowest BCUT2D eigenvalue weighted by Crippen LogP contribution is -2.58. The molecule has 0 aromatic carbocycles. The molecule has 0 amide bonds. The Balaban J connectivity index is 2.01. The fourth-order valence-corrected chi connectivity index (χ4v) is 4.45. The van der Waals surface area contributed by atoms with Crippen LogP contribution in [0.25, 0.3) is 0 Å². The van der Waals surface area contributed by atoms with Crippen LogP contribution >= 0.6 is 0 Å². The van der Waals surface area contributed by atoms with E-state index in [0.717, 1.165) is 0 Å². The van der Waals surface area contributed by atoms with Gasteiger partial charge in [-0.25, -0.2) is 0 Å². The smallest absolute Gasteiger partial charge is 0.307 e. The van der Waals surface area contributed by atoms with Gasteiger partial charge in [0.05, 0.1) is 5.92 Å². The molecule has 2 bridgehead atoms. The summed E-state index contributed by atoms with van der Waals surface area (Å²) in [7, 11) is 0. The molecule has 1 unspecified atom stereocenters. The third kappa shape index (κ3) is 3.25. The monoisotopic (exact) mass is 343 g/mol. The first kappa shape index (κ1) is 18.2.